The second-order valence-corrected chi connectivity index (χ2v) is 11.7. The summed E-state index contributed by atoms with van der Waals surface area (Å²) in [5.74, 6) is 1.75. The Labute approximate surface area is 257 Å². The first-order chi connectivity index (χ1) is 21.1. The Morgan fingerprint density at radius 1 is 0.886 bits per heavy atom. The Kier molecular flexibility index (Phi) is 8.94. The van der Waals surface area contributed by atoms with Crippen LogP contribution in [0.3, 0.4) is 0 Å². The molecule has 5 aromatic rings. The van der Waals surface area contributed by atoms with Gasteiger partial charge in [-0.2, -0.15) is 5.10 Å². The number of aromatic nitrogens is 3. The van der Waals surface area contributed by atoms with E-state index in [1.165, 1.54) is 0 Å². The minimum Gasteiger partial charge on any atom is -0.493 e. The molecule has 0 radical (unpaired) electrons. The van der Waals surface area contributed by atoms with Gasteiger partial charge in [0.15, 0.2) is 0 Å². The highest BCUT2D eigenvalue weighted by Crippen LogP contribution is 2.32. The molecule has 2 aromatic heterocycles. The van der Waals surface area contributed by atoms with Gasteiger partial charge in [-0.1, -0.05) is 69.7 Å². The summed E-state index contributed by atoms with van der Waals surface area (Å²) in [6, 6.07) is 24.8. The molecule has 0 aliphatic carbocycles. The minimum atomic E-state index is -0.374. The second kappa shape index (κ2) is 13.0. The lowest BCUT2D eigenvalue weighted by Gasteiger charge is -2.14. The van der Waals surface area contributed by atoms with E-state index < -0.39 is 0 Å². The summed E-state index contributed by atoms with van der Waals surface area (Å²) in [5, 5.41) is 15.4. The molecule has 0 spiro atoms. The molecule has 0 unspecified atom stereocenters. The number of ether oxygens (including phenoxy) is 1. The summed E-state index contributed by atoms with van der Waals surface area (Å²) in [4.78, 5) is 29.2. The van der Waals surface area contributed by atoms with Crippen molar-refractivity contribution in [1.82, 2.24) is 14.8 Å². The standard InChI is InChI=1S/C35H38N6O3/c1-6-33(42)38-31-21-24(17-19-36-31)18-20-44-29-16-15-28(26-9-7-8-10-27(26)29)37-34(43)39-32-22-30(35(3,4)5)40-41(32)25-13-11-23(2)12-14-25/h7-17,19,21-22H,6,18,20H2,1-5H3,(H,36,38,42)(H2,37,39,43). The predicted molar refractivity (Wildman–Crippen MR) is 176 cm³/mol. The highest BCUT2D eigenvalue weighted by molar-refractivity contribution is 6.07. The SMILES string of the molecule is CCC(=O)Nc1cc(CCOc2ccc(NC(=O)Nc3cc(C(C)(C)C)nn3-c3ccc(C)cc3)c3ccccc23)ccn1. The number of carbonyl (C=O) groups is 2. The van der Waals surface area contributed by atoms with E-state index in [1.807, 2.05) is 85.8 Å². The van der Waals surface area contributed by atoms with Gasteiger partial charge in [0.25, 0.3) is 0 Å². The molecule has 3 amide bonds. The number of fused-ring (bicyclic) bond motifs is 1. The smallest absolute Gasteiger partial charge is 0.324 e. The van der Waals surface area contributed by atoms with Crippen LogP contribution >= 0.6 is 0 Å². The van der Waals surface area contributed by atoms with E-state index in [0.717, 1.165) is 33.3 Å². The van der Waals surface area contributed by atoms with Gasteiger partial charge in [-0.25, -0.2) is 14.5 Å². The monoisotopic (exact) mass is 590 g/mol. The molecule has 0 fully saturated rings. The van der Waals surface area contributed by atoms with Crippen LogP contribution in [-0.4, -0.2) is 33.3 Å². The Hall–Kier alpha value is -5.18. The quantitative estimate of drug-likeness (QED) is 0.163. The molecule has 2 heterocycles. The van der Waals surface area contributed by atoms with Gasteiger partial charge in [0.05, 0.1) is 23.7 Å². The first-order valence-electron chi connectivity index (χ1n) is 14.8. The van der Waals surface area contributed by atoms with Crippen molar-refractivity contribution in [2.75, 3.05) is 22.6 Å². The van der Waals surface area contributed by atoms with Gasteiger partial charge in [-0.15, -0.1) is 0 Å². The zero-order valence-electron chi connectivity index (χ0n) is 25.8. The number of aryl methyl sites for hydroxylation is 1. The summed E-state index contributed by atoms with van der Waals surface area (Å²) in [5.41, 5.74) is 4.35. The van der Waals surface area contributed by atoms with E-state index in [-0.39, 0.29) is 17.4 Å². The molecule has 0 aliphatic heterocycles. The van der Waals surface area contributed by atoms with E-state index in [4.69, 9.17) is 9.84 Å². The van der Waals surface area contributed by atoms with E-state index in [1.54, 1.807) is 17.8 Å². The minimum absolute atomic E-state index is 0.0775. The number of hydrogen-bond donors (Lipinski definition) is 3. The average Bonchev–Trinajstić information content (AvgIpc) is 3.43. The number of nitrogens with one attached hydrogen (secondary N) is 3. The van der Waals surface area contributed by atoms with Crippen molar-refractivity contribution in [2.24, 2.45) is 0 Å². The van der Waals surface area contributed by atoms with Crippen molar-refractivity contribution in [3.8, 4) is 11.4 Å². The Balaban J connectivity index is 1.31. The van der Waals surface area contributed by atoms with Gasteiger partial charge in [-0.05, 0) is 48.9 Å². The topological polar surface area (TPSA) is 110 Å². The number of nitrogens with zero attached hydrogens (tertiary/aromatic N) is 3. The van der Waals surface area contributed by atoms with Crippen LogP contribution in [0.15, 0.2) is 85.1 Å². The van der Waals surface area contributed by atoms with Crippen molar-refractivity contribution in [3.63, 3.8) is 0 Å². The molecule has 3 N–H and O–H groups in total. The first-order valence-corrected chi connectivity index (χ1v) is 14.8. The van der Waals surface area contributed by atoms with Crippen LogP contribution in [0.1, 0.15) is 50.9 Å². The highest BCUT2D eigenvalue weighted by Gasteiger charge is 2.22. The lowest BCUT2D eigenvalue weighted by Crippen LogP contribution is -2.21. The zero-order chi connectivity index (χ0) is 31.3. The maximum Gasteiger partial charge on any atom is 0.324 e. The number of carbonyl (C=O) groups excluding carboxylic acids is 2. The summed E-state index contributed by atoms with van der Waals surface area (Å²) in [6.45, 7) is 10.5. The van der Waals surface area contributed by atoms with Crippen LogP contribution in [-0.2, 0) is 16.6 Å². The number of rotatable bonds is 9. The Bertz CT molecular complexity index is 1790. The van der Waals surface area contributed by atoms with Crippen LogP contribution in [0.25, 0.3) is 16.5 Å². The third kappa shape index (κ3) is 7.23. The third-order valence-electron chi connectivity index (χ3n) is 7.19. The predicted octanol–water partition coefficient (Wildman–Crippen LogP) is 7.64. The fourth-order valence-corrected chi connectivity index (χ4v) is 4.70. The summed E-state index contributed by atoms with van der Waals surface area (Å²) < 4.78 is 7.94. The molecule has 0 atom stereocenters. The van der Waals surface area contributed by atoms with Crippen LogP contribution in [0.4, 0.5) is 22.1 Å². The molecule has 0 aliphatic rings. The molecule has 226 valence electrons. The Morgan fingerprint density at radius 2 is 1.64 bits per heavy atom. The van der Waals surface area contributed by atoms with Gasteiger partial charge >= 0.3 is 6.03 Å². The third-order valence-corrected chi connectivity index (χ3v) is 7.19. The van der Waals surface area contributed by atoms with E-state index in [2.05, 4.69) is 41.7 Å². The second-order valence-electron chi connectivity index (χ2n) is 11.7. The molecular formula is C35H38N6O3. The first kappa shape index (κ1) is 30.3. The Morgan fingerprint density at radius 3 is 2.36 bits per heavy atom. The molecule has 0 bridgehead atoms. The lowest BCUT2D eigenvalue weighted by atomic mass is 9.92. The van der Waals surface area contributed by atoms with Gasteiger partial charge < -0.3 is 15.4 Å². The fraction of sp³-hybridized carbons (Fsp3) is 0.257. The molecular weight excluding hydrogens is 552 g/mol. The number of benzene rings is 3. The summed E-state index contributed by atoms with van der Waals surface area (Å²) in [7, 11) is 0. The number of amides is 3. The largest absolute Gasteiger partial charge is 0.493 e. The maximum absolute atomic E-state index is 13.3. The van der Waals surface area contributed by atoms with Crippen LogP contribution in [0, 0.1) is 6.92 Å². The van der Waals surface area contributed by atoms with E-state index in [9.17, 15) is 9.59 Å². The molecule has 3 aromatic carbocycles. The molecule has 0 saturated carbocycles. The number of hydrogen-bond acceptors (Lipinski definition) is 5. The average molecular weight is 591 g/mol. The van der Waals surface area contributed by atoms with Crippen molar-refractivity contribution in [3.05, 3.63) is 102 Å². The zero-order valence-corrected chi connectivity index (χ0v) is 25.8. The lowest BCUT2D eigenvalue weighted by molar-refractivity contribution is -0.115. The molecule has 5 rings (SSSR count). The summed E-state index contributed by atoms with van der Waals surface area (Å²) in [6.07, 6.45) is 2.71. The van der Waals surface area contributed by atoms with Crippen molar-refractivity contribution < 1.29 is 14.3 Å². The summed E-state index contributed by atoms with van der Waals surface area (Å²) >= 11 is 0. The van der Waals surface area contributed by atoms with Gasteiger partial charge in [0.1, 0.15) is 17.4 Å². The molecule has 0 saturated heterocycles. The molecule has 9 heteroatoms. The van der Waals surface area contributed by atoms with Crippen LogP contribution in [0.5, 0.6) is 5.75 Å². The normalized spacial score (nSPS) is 11.3. The van der Waals surface area contributed by atoms with Crippen molar-refractivity contribution in [2.45, 2.75) is 52.9 Å². The van der Waals surface area contributed by atoms with Crippen molar-refractivity contribution >= 4 is 40.0 Å². The van der Waals surface area contributed by atoms with E-state index in [0.29, 0.717) is 42.5 Å². The molecule has 9 nitrogen and oxygen atoms in total. The molecule has 44 heavy (non-hydrogen) atoms. The van der Waals surface area contributed by atoms with E-state index >= 15 is 0 Å². The number of pyridine rings is 1. The van der Waals surface area contributed by atoms with Gasteiger partial charge in [0.2, 0.25) is 5.91 Å². The maximum atomic E-state index is 13.3. The van der Waals surface area contributed by atoms with Crippen LogP contribution < -0.4 is 20.7 Å². The van der Waals surface area contributed by atoms with Crippen molar-refractivity contribution in [1.29, 1.82) is 0 Å². The van der Waals surface area contributed by atoms with Gasteiger partial charge in [-0.3, -0.25) is 10.1 Å². The highest BCUT2D eigenvalue weighted by atomic mass is 16.5. The fourth-order valence-electron chi connectivity index (χ4n) is 4.70. The van der Waals surface area contributed by atoms with Crippen LogP contribution in [0.2, 0.25) is 0 Å². The number of urea groups is 1. The van der Waals surface area contributed by atoms with Gasteiger partial charge in [0, 0.05) is 41.3 Å². The number of anilines is 3.